The fourth-order valence-corrected chi connectivity index (χ4v) is 4.17. The van der Waals surface area contributed by atoms with Crippen LogP contribution in [0.1, 0.15) is 21.9 Å². The van der Waals surface area contributed by atoms with Gasteiger partial charge in [-0.05, 0) is 35.7 Å². The summed E-state index contributed by atoms with van der Waals surface area (Å²) in [6.07, 6.45) is 0. The van der Waals surface area contributed by atoms with Crippen LogP contribution in [0.4, 0.5) is 0 Å². The molecule has 3 aromatic rings. The third kappa shape index (κ3) is 3.18. The first-order chi connectivity index (χ1) is 10.8. The van der Waals surface area contributed by atoms with E-state index in [9.17, 15) is 4.21 Å². The molecule has 0 fully saturated rings. The minimum atomic E-state index is -1.13. The van der Waals surface area contributed by atoms with Crippen LogP contribution in [0.25, 0.3) is 0 Å². The van der Waals surface area contributed by atoms with E-state index in [1.807, 2.05) is 91.9 Å². The molecule has 110 valence electrons. The van der Waals surface area contributed by atoms with Crippen molar-refractivity contribution in [3.8, 4) is 0 Å². The lowest BCUT2D eigenvalue weighted by molar-refractivity contribution is 0.678. The monoisotopic (exact) mass is 306 g/mol. The molecule has 3 aromatic carbocycles. The standard InChI is InChI=1S/C20H18OS/c1-16-9-8-14-19(15-16)22(21)20(17-10-4-2-5-11-17)18-12-6-3-7-13-18/h2-15,20H,1H3/t22-/m0/s1. The predicted molar refractivity (Wildman–Crippen MR) is 92.3 cm³/mol. The second kappa shape index (κ2) is 6.71. The van der Waals surface area contributed by atoms with Crippen LogP contribution in [0.15, 0.2) is 89.8 Å². The van der Waals surface area contributed by atoms with E-state index in [1.165, 1.54) is 0 Å². The summed E-state index contributed by atoms with van der Waals surface area (Å²) in [7, 11) is -1.13. The molecule has 0 amide bonds. The number of hydrogen-bond donors (Lipinski definition) is 0. The van der Waals surface area contributed by atoms with Crippen molar-refractivity contribution in [2.24, 2.45) is 0 Å². The maximum atomic E-state index is 13.2. The predicted octanol–water partition coefficient (Wildman–Crippen LogP) is 4.89. The quantitative estimate of drug-likeness (QED) is 0.670. The Balaban J connectivity index is 2.08. The Morgan fingerprint density at radius 2 is 1.27 bits per heavy atom. The molecule has 0 aliphatic heterocycles. The average molecular weight is 306 g/mol. The van der Waals surface area contributed by atoms with Gasteiger partial charge in [0.2, 0.25) is 0 Å². The molecule has 1 atom stereocenters. The molecular weight excluding hydrogens is 288 g/mol. The van der Waals surface area contributed by atoms with Crippen LogP contribution >= 0.6 is 0 Å². The van der Waals surface area contributed by atoms with E-state index >= 15 is 0 Å². The van der Waals surface area contributed by atoms with Gasteiger partial charge in [-0.3, -0.25) is 4.21 Å². The lowest BCUT2D eigenvalue weighted by Crippen LogP contribution is -2.09. The van der Waals surface area contributed by atoms with Crippen molar-refractivity contribution in [3.63, 3.8) is 0 Å². The molecule has 0 N–H and O–H groups in total. The molecule has 3 rings (SSSR count). The zero-order valence-electron chi connectivity index (χ0n) is 12.5. The van der Waals surface area contributed by atoms with Crippen LogP contribution in [0.3, 0.4) is 0 Å². The Labute approximate surface area is 134 Å². The normalized spacial score (nSPS) is 12.3. The van der Waals surface area contributed by atoms with Gasteiger partial charge in [-0.1, -0.05) is 72.8 Å². The van der Waals surface area contributed by atoms with E-state index in [2.05, 4.69) is 0 Å². The van der Waals surface area contributed by atoms with E-state index in [1.54, 1.807) is 0 Å². The summed E-state index contributed by atoms with van der Waals surface area (Å²) in [6, 6.07) is 28.1. The molecule has 1 nitrogen and oxygen atoms in total. The first-order valence-electron chi connectivity index (χ1n) is 7.33. The molecule has 0 saturated carbocycles. The van der Waals surface area contributed by atoms with Crippen molar-refractivity contribution in [2.45, 2.75) is 17.1 Å². The minimum Gasteiger partial charge on any atom is -0.253 e. The maximum absolute atomic E-state index is 13.2. The molecule has 2 heteroatoms. The van der Waals surface area contributed by atoms with Gasteiger partial charge in [0.05, 0.1) is 16.0 Å². The third-order valence-corrected chi connectivity index (χ3v) is 5.33. The molecule has 0 aliphatic carbocycles. The van der Waals surface area contributed by atoms with Gasteiger partial charge >= 0.3 is 0 Å². The lowest BCUT2D eigenvalue weighted by Gasteiger charge is -2.18. The van der Waals surface area contributed by atoms with Gasteiger partial charge in [0.25, 0.3) is 0 Å². The second-order valence-electron chi connectivity index (χ2n) is 5.32. The fraction of sp³-hybridized carbons (Fsp3) is 0.100. The lowest BCUT2D eigenvalue weighted by atomic mass is 10.0. The highest BCUT2D eigenvalue weighted by molar-refractivity contribution is 7.85. The number of benzene rings is 3. The van der Waals surface area contributed by atoms with E-state index in [0.29, 0.717) is 0 Å². The number of aryl methyl sites for hydroxylation is 1. The SMILES string of the molecule is Cc1cccc([S@](=O)C(c2ccccc2)c2ccccc2)c1. The summed E-state index contributed by atoms with van der Waals surface area (Å²) in [5.41, 5.74) is 3.29. The van der Waals surface area contributed by atoms with Crippen molar-refractivity contribution in [1.82, 2.24) is 0 Å². The first-order valence-corrected chi connectivity index (χ1v) is 8.54. The van der Waals surface area contributed by atoms with Gasteiger partial charge in [0.1, 0.15) is 0 Å². The van der Waals surface area contributed by atoms with Crippen LogP contribution in [0.2, 0.25) is 0 Å². The van der Waals surface area contributed by atoms with Gasteiger partial charge in [-0.2, -0.15) is 0 Å². The molecule has 0 heterocycles. The smallest absolute Gasteiger partial charge is 0.0893 e. The number of hydrogen-bond acceptors (Lipinski definition) is 1. The molecule has 0 unspecified atom stereocenters. The van der Waals surface area contributed by atoms with Gasteiger partial charge in [-0.25, -0.2) is 0 Å². The summed E-state index contributed by atoms with van der Waals surface area (Å²) in [6.45, 7) is 2.03. The summed E-state index contributed by atoms with van der Waals surface area (Å²) in [5.74, 6) is 0. The van der Waals surface area contributed by atoms with Crippen molar-refractivity contribution in [2.75, 3.05) is 0 Å². The summed E-state index contributed by atoms with van der Waals surface area (Å²) in [4.78, 5) is 0.873. The molecule has 22 heavy (non-hydrogen) atoms. The second-order valence-corrected chi connectivity index (χ2v) is 6.85. The van der Waals surface area contributed by atoms with Crippen molar-refractivity contribution >= 4 is 10.8 Å². The number of rotatable bonds is 4. The third-order valence-electron chi connectivity index (χ3n) is 3.64. The molecule has 0 radical (unpaired) electrons. The van der Waals surface area contributed by atoms with Crippen molar-refractivity contribution in [3.05, 3.63) is 102 Å². The van der Waals surface area contributed by atoms with E-state index < -0.39 is 10.8 Å². The molecular formula is C20H18OS. The van der Waals surface area contributed by atoms with Gasteiger partial charge in [-0.15, -0.1) is 0 Å². The molecule has 0 aromatic heterocycles. The summed E-state index contributed by atoms with van der Waals surface area (Å²) in [5, 5.41) is -0.149. The zero-order chi connectivity index (χ0) is 15.4. The van der Waals surface area contributed by atoms with E-state index in [4.69, 9.17) is 0 Å². The van der Waals surface area contributed by atoms with Crippen LogP contribution in [-0.2, 0) is 10.8 Å². The van der Waals surface area contributed by atoms with E-state index in [0.717, 1.165) is 21.6 Å². The van der Waals surface area contributed by atoms with Gasteiger partial charge in [0.15, 0.2) is 0 Å². The largest absolute Gasteiger partial charge is 0.253 e. The summed E-state index contributed by atoms with van der Waals surface area (Å²) >= 11 is 0. The molecule has 0 aliphatic rings. The highest BCUT2D eigenvalue weighted by Crippen LogP contribution is 2.32. The van der Waals surface area contributed by atoms with E-state index in [-0.39, 0.29) is 5.25 Å². The van der Waals surface area contributed by atoms with Gasteiger partial charge < -0.3 is 0 Å². The Bertz CT molecular complexity index is 726. The summed E-state index contributed by atoms with van der Waals surface area (Å²) < 4.78 is 13.2. The molecule has 0 spiro atoms. The van der Waals surface area contributed by atoms with Crippen LogP contribution in [0.5, 0.6) is 0 Å². The van der Waals surface area contributed by atoms with Crippen LogP contribution in [-0.4, -0.2) is 4.21 Å². The van der Waals surface area contributed by atoms with Gasteiger partial charge in [0, 0.05) is 4.90 Å². The van der Waals surface area contributed by atoms with Crippen molar-refractivity contribution < 1.29 is 4.21 Å². The Kier molecular flexibility index (Phi) is 4.50. The molecule has 0 bridgehead atoms. The first kappa shape index (κ1) is 14.7. The Morgan fingerprint density at radius 3 is 1.77 bits per heavy atom. The van der Waals surface area contributed by atoms with Crippen LogP contribution < -0.4 is 0 Å². The molecule has 0 saturated heterocycles. The maximum Gasteiger partial charge on any atom is 0.0893 e. The fourth-order valence-electron chi connectivity index (χ4n) is 2.57. The zero-order valence-corrected chi connectivity index (χ0v) is 13.3. The minimum absolute atomic E-state index is 0.149. The topological polar surface area (TPSA) is 17.1 Å². The van der Waals surface area contributed by atoms with Crippen LogP contribution in [0, 0.1) is 6.92 Å². The highest BCUT2D eigenvalue weighted by atomic mass is 32.2. The Hall–Kier alpha value is -2.19. The Morgan fingerprint density at radius 1 is 0.727 bits per heavy atom. The highest BCUT2D eigenvalue weighted by Gasteiger charge is 2.22. The van der Waals surface area contributed by atoms with Crippen molar-refractivity contribution in [1.29, 1.82) is 0 Å². The average Bonchev–Trinajstić information content (AvgIpc) is 2.57.